The molecule has 276 valence electrons. The van der Waals surface area contributed by atoms with Gasteiger partial charge in [-0.15, -0.1) is 0 Å². The van der Waals surface area contributed by atoms with Crippen LogP contribution in [0.3, 0.4) is 0 Å². The van der Waals surface area contributed by atoms with Gasteiger partial charge in [-0.2, -0.15) is 0 Å². The van der Waals surface area contributed by atoms with Gasteiger partial charge < -0.3 is 38.6 Å². The molecular weight excluding hydrogens is 692 g/mol. The zero-order valence-corrected chi connectivity index (χ0v) is 30.0. The van der Waals surface area contributed by atoms with Gasteiger partial charge in [0.05, 0.1) is 75.4 Å². The van der Waals surface area contributed by atoms with Gasteiger partial charge in [0.1, 0.15) is 30.8 Å². The van der Waals surface area contributed by atoms with E-state index in [-0.39, 0.29) is 30.6 Å². The molecule has 52 heavy (non-hydrogen) atoms. The van der Waals surface area contributed by atoms with Crippen molar-refractivity contribution in [3.8, 4) is 11.5 Å². The Morgan fingerprint density at radius 1 is 0.654 bits per heavy atom. The highest BCUT2D eigenvalue weighted by atomic mass is 32.2. The van der Waals surface area contributed by atoms with Gasteiger partial charge in [-0.05, 0) is 61.0 Å². The molecule has 4 amide bonds. The highest BCUT2D eigenvalue weighted by Gasteiger charge is 2.44. The largest absolute Gasteiger partial charge is 0.491 e. The summed E-state index contributed by atoms with van der Waals surface area (Å²) in [7, 11) is 4.07. The van der Waals surface area contributed by atoms with Gasteiger partial charge in [0, 0.05) is 36.0 Å². The molecule has 0 aromatic heterocycles. The van der Waals surface area contributed by atoms with Crippen molar-refractivity contribution < 1.29 is 47.6 Å². The van der Waals surface area contributed by atoms with Crippen LogP contribution in [0, 0.1) is 0 Å². The molecule has 0 bridgehead atoms. The maximum Gasteiger partial charge on any atom is 0.262 e. The van der Waals surface area contributed by atoms with E-state index in [0.29, 0.717) is 65.2 Å². The van der Waals surface area contributed by atoms with E-state index >= 15 is 0 Å². The zero-order valence-electron chi connectivity index (χ0n) is 29.1. The summed E-state index contributed by atoms with van der Waals surface area (Å²) < 4.78 is 33.8. The summed E-state index contributed by atoms with van der Waals surface area (Å²) in [4.78, 5) is 54.8. The van der Waals surface area contributed by atoms with Gasteiger partial charge in [-0.1, -0.05) is 11.8 Å². The van der Waals surface area contributed by atoms with Crippen molar-refractivity contribution in [2.24, 2.45) is 0 Å². The Morgan fingerprint density at radius 3 is 1.81 bits per heavy atom. The fourth-order valence-corrected chi connectivity index (χ4v) is 6.81. The van der Waals surface area contributed by atoms with Crippen LogP contribution in [0.25, 0.3) is 0 Å². The standard InChI is InChI=1S/C37H42N4O10S/c1-40(2)24-3-7-29-32(21-24)52-33-23-26(5-8-30(33)38-29)51-20-18-49-16-14-47-12-11-46-13-15-48-17-19-50-25-4-6-27-28(22-25)37(45)41(36(27)44)31-9-10-34(42)39-35(31)43/h3-8,21-23,31,38H,9-20H2,1-2H3,(H,39,42,43). The fourth-order valence-electron chi connectivity index (χ4n) is 5.76. The second-order valence-corrected chi connectivity index (χ2v) is 13.3. The van der Waals surface area contributed by atoms with E-state index in [1.165, 1.54) is 17.0 Å². The van der Waals surface area contributed by atoms with Crippen molar-refractivity contribution in [3.63, 3.8) is 0 Å². The molecule has 1 saturated heterocycles. The lowest BCUT2D eigenvalue weighted by Crippen LogP contribution is -2.54. The highest BCUT2D eigenvalue weighted by molar-refractivity contribution is 7.99. The lowest BCUT2D eigenvalue weighted by molar-refractivity contribution is -0.136. The van der Waals surface area contributed by atoms with Crippen LogP contribution in [0.4, 0.5) is 17.1 Å². The Hall–Kier alpha value is -4.67. The molecule has 14 nitrogen and oxygen atoms in total. The highest BCUT2D eigenvalue weighted by Crippen LogP contribution is 2.46. The van der Waals surface area contributed by atoms with E-state index in [4.69, 9.17) is 28.4 Å². The van der Waals surface area contributed by atoms with Crippen LogP contribution in [-0.4, -0.2) is 115 Å². The summed E-state index contributed by atoms with van der Waals surface area (Å²) in [6.07, 6.45) is 0.166. The summed E-state index contributed by atoms with van der Waals surface area (Å²) in [6.45, 7) is 3.93. The number of anilines is 3. The molecule has 3 aliphatic rings. The Labute approximate surface area is 306 Å². The van der Waals surface area contributed by atoms with E-state index in [1.54, 1.807) is 17.8 Å². The lowest BCUT2D eigenvalue weighted by atomic mass is 10.0. The van der Waals surface area contributed by atoms with E-state index in [9.17, 15) is 19.2 Å². The van der Waals surface area contributed by atoms with E-state index in [2.05, 4.69) is 33.7 Å². The van der Waals surface area contributed by atoms with Crippen LogP contribution in [0.2, 0.25) is 0 Å². The van der Waals surface area contributed by atoms with Gasteiger partial charge >= 0.3 is 0 Å². The first-order valence-electron chi connectivity index (χ1n) is 17.1. The van der Waals surface area contributed by atoms with Crippen molar-refractivity contribution in [2.75, 3.05) is 90.4 Å². The number of fused-ring (bicyclic) bond motifs is 3. The molecule has 1 fully saturated rings. The predicted molar refractivity (Wildman–Crippen MR) is 192 cm³/mol. The van der Waals surface area contributed by atoms with Gasteiger partial charge in [0.25, 0.3) is 11.8 Å². The first-order valence-corrected chi connectivity index (χ1v) is 17.9. The molecule has 6 rings (SSSR count). The molecule has 0 aliphatic carbocycles. The lowest BCUT2D eigenvalue weighted by Gasteiger charge is -2.27. The number of benzene rings is 3. The van der Waals surface area contributed by atoms with Crippen molar-refractivity contribution in [2.45, 2.75) is 28.7 Å². The SMILES string of the molecule is CN(C)c1ccc2c(c1)Sc1cc(OCCOCCOCCOCCOCCOc3ccc4c(c3)C(=O)N(C3CCC(=O)NC3=O)C4=O)ccc1N2. The predicted octanol–water partition coefficient (Wildman–Crippen LogP) is 3.89. The number of ether oxygens (including phenoxy) is 6. The number of rotatable bonds is 19. The van der Waals surface area contributed by atoms with Crippen molar-refractivity contribution in [1.29, 1.82) is 0 Å². The third kappa shape index (κ3) is 9.21. The first-order chi connectivity index (χ1) is 25.3. The molecule has 3 aliphatic heterocycles. The fraction of sp³-hybridized carbons (Fsp3) is 0.405. The van der Waals surface area contributed by atoms with Crippen LogP contribution in [0.15, 0.2) is 64.4 Å². The Kier molecular flexibility index (Phi) is 12.6. The molecule has 3 aromatic carbocycles. The van der Waals surface area contributed by atoms with E-state index in [0.717, 1.165) is 32.6 Å². The summed E-state index contributed by atoms with van der Waals surface area (Å²) in [5.74, 6) is -1.02. The second-order valence-electron chi connectivity index (χ2n) is 12.3. The number of hydrogen-bond acceptors (Lipinski definition) is 13. The summed E-state index contributed by atoms with van der Waals surface area (Å²) in [6, 6.07) is 16.0. The number of hydrogen-bond donors (Lipinski definition) is 2. The second kappa shape index (κ2) is 17.7. The monoisotopic (exact) mass is 734 g/mol. The number of piperidine rings is 1. The zero-order chi connectivity index (χ0) is 36.5. The molecule has 3 aromatic rings. The van der Waals surface area contributed by atoms with Gasteiger partial charge in [-0.25, -0.2) is 0 Å². The smallest absolute Gasteiger partial charge is 0.262 e. The molecule has 3 heterocycles. The van der Waals surface area contributed by atoms with Gasteiger partial charge in [-0.3, -0.25) is 29.4 Å². The molecule has 0 saturated carbocycles. The van der Waals surface area contributed by atoms with Crippen LogP contribution >= 0.6 is 11.8 Å². The number of amides is 4. The summed E-state index contributed by atoms with van der Waals surface area (Å²) in [5.41, 5.74) is 3.68. The number of carbonyl (C=O) groups excluding carboxylic acids is 4. The normalized spacial score (nSPS) is 16.2. The van der Waals surface area contributed by atoms with Gasteiger partial charge in [0.2, 0.25) is 11.8 Å². The first kappa shape index (κ1) is 37.1. The molecule has 0 spiro atoms. The topological polar surface area (TPSA) is 154 Å². The summed E-state index contributed by atoms with van der Waals surface area (Å²) in [5, 5.41) is 5.68. The van der Waals surface area contributed by atoms with Gasteiger partial charge in [0.15, 0.2) is 0 Å². The third-order valence-electron chi connectivity index (χ3n) is 8.44. The van der Waals surface area contributed by atoms with E-state index < -0.39 is 29.7 Å². The maximum atomic E-state index is 12.9. The average Bonchev–Trinajstić information content (AvgIpc) is 3.38. The molecular formula is C37H42N4O10S. The summed E-state index contributed by atoms with van der Waals surface area (Å²) >= 11 is 1.73. The average molecular weight is 735 g/mol. The minimum Gasteiger partial charge on any atom is -0.491 e. The molecule has 1 atom stereocenters. The minimum absolute atomic E-state index is 0.0643. The van der Waals surface area contributed by atoms with Crippen LogP contribution in [0.5, 0.6) is 11.5 Å². The molecule has 15 heteroatoms. The number of carbonyl (C=O) groups is 4. The number of imide groups is 2. The number of nitrogens with one attached hydrogen (secondary N) is 2. The molecule has 2 N–H and O–H groups in total. The third-order valence-corrected chi connectivity index (χ3v) is 9.56. The quantitative estimate of drug-likeness (QED) is 0.106. The Bertz CT molecular complexity index is 1790. The Morgan fingerprint density at radius 2 is 1.19 bits per heavy atom. The van der Waals surface area contributed by atoms with Crippen LogP contribution in [-0.2, 0) is 28.5 Å². The van der Waals surface area contributed by atoms with Crippen molar-refractivity contribution >= 4 is 52.5 Å². The minimum atomic E-state index is -1.01. The van der Waals surface area contributed by atoms with Crippen molar-refractivity contribution in [1.82, 2.24) is 10.2 Å². The van der Waals surface area contributed by atoms with Crippen molar-refractivity contribution in [3.05, 3.63) is 65.7 Å². The molecule has 1 unspecified atom stereocenters. The Balaban J connectivity index is 0.759. The van der Waals surface area contributed by atoms with Crippen LogP contribution in [0.1, 0.15) is 33.6 Å². The maximum absolute atomic E-state index is 12.9. The van der Waals surface area contributed by atoms with E-state index in [1.807, 2.05) is 32.3 Å². The number of nitrogens with zero attached hydrogens (tertiary/aromatic N) is 2. The molecule has 0 radical (unpaired) electrons. The van der Waals surface area contributed by atoms with Crippen LogP contribution < -0.4 is 25.0 Å².